The number of rotatable bonds is 6. The summed E-state index contributed by atoms with van der Waals surface area (Å²) in [6, 6.07) is 0.681. The average molecular weight is 253 g/mol. The maximum absolute atomic E-state index is 11.1. The Labute approximate surface area is 106 Å². The summed E-state index contributed by atoms with van der Waals surface area (Å²) in [4.78, 5) is 13.4. The summed E-state index contributed by atoms with van der Waals surface area (Å²) in [7, 11) is 3.76. The number of hydrogen-bond donors (Lipinski definition) is 1. The Bertz CT molecular complexity index is 452. The zero-order valence-corrected chi connectivity index (χ0v) is 11.0. The summed E-state index contributed by atoms with van der Waals surface area (Å²) in [5.74, 6) is -0.657. The van der Waals surface area contributed by atoms with E-state index in [1.54, 1.807) is 14.0 Å². The first kappa shape index (κ1) is 12.9. The van der Waals surface area contributed by atoms with Crippen LogP contribution in [0.1, 0.15) is 28.9 Å². The second-order valence-corrected chi connectivity index (χ2v) is 4.75. The first-order valence-electron chi connectivity index (χ1n) is 6.10. The maximum Gasteiger partial charge on any atom is 0.343 e. The molecule has 1 saturated carbocycles. The molecule has 0 bridgehead atoms. The normalized spacial score (nSPS) is 15.1. The summed E-state index contributed by atoms with van der Waals surface area (Å²) in [5, 5.41) is 13.2. The molecular formula is C12H19N3O3. The summed E-state index contributed by atoms with van der Waals surface area (Å²) in [6.07, 6.45) is 2.50. The third-order valence-electron chi connectivity index (χ3n) is 3.24. The lowest BCUT2D eigenvalue weighted by molar-refractivity contribution is 0.0690. The van der Waals surface area contributed by atoms with E-state index >= 15 is 0 Å². The van der Waals surface area contributed by atoms with Crippen LogP contribution >= 0.6 is 0 Å². The van der Waals surface area contributed by atoms with Crippen LogP contribution in [-0.4, -0.2) is 52.0 Å². The van der Waals surface area contributed by atoms with Gasteiger partial charge in [-0.2, -0.15) is 5.10 Å². The molecule has 2 rings (SSSR count). The van der Waals surface area contributed by atoms with Crippen LogP contribution in [0.3, 0.4) is 0 Å². The van der Waals surface area contributed by atoms with Crippen LogP contribution in [0, 0.1) is 6.92 Å². The molecule has 6 nitrogen and oxygen atoms in total. The fraction of sp³-hybridized carbons (Fsp3) is 0.667. The third-order valence-corrected chi connectivity index (χ3v) is 3.24. The zero-order chi connectivity index (χ0) is 13.3. The van der Waals surface area contributed by atoms with Gasteiger partial charge in [-0.05, 0) is 26.8 Å². The Balaban J connectivity index is 1.97. The molecule has 1 heterocycles. The van der Waals surface area contributed by atoms with Crippen molar-refractivity contribution in [1.29, 1.82) is 0 Å². The second-order valence-electron chi connectivity index (χ2n) is 4.75. The smallest absolute Gasteiger partial charge is 0.343 e. The van der Waals surface area contributed by atoms with E-state index in [2.05, 4.69) is 17.0 Å². The first-order valence-corrected chi connectivity index (χ1v) is 6.10. The lowest BCUT2D eigenvalue weighted by Crippen LogP contribution is -2.26. The predicted molar refractivity (Wildman–Crippen MR) is 66.1 cm³/mol. The van der Waals surface area contributed by atoms with Crippen LogP contribution in [0.25, 0.3) is 0 Å². The number of likely N-dealkylation sites (N-methyl/N-ethyl adjacent to an activating group) is 1. The molecule has 1 N–H and O–H groups in total. The van der Waals surface area contributed by atoms with E-state index in [1.165, 1.54) is 17.5 Å². The van der Waals surface area contributed by atoms with Gasteiger partial charge in [-0.15, -0.1) is 0 Å². The molecule has 1 fully saturated rings. The molecule has 1 aliphatic rings. The SMILES string of the molecule is Cc1nn(C)c(OCCN(C)C2CC2)c1C(=O)O. The van der Waals surface area contributed by atoms with Gasteiger partial charge in [0.05, 0.1) is 5.69 Å². The maximum atomic E-state index is 11.1. The number of nitrogens with zero attached hydrogens (tertiary/aromatic N) is 3. The molecule has 6 heteroatoms. The lowest BCUT2D eigenvalue weighted by Gasteiger charge is -2.16. The molecule has 1 aromatic heterocycles. The first-order chi connectivity index (χ1) is 8.50. The molecule has 0 amide bonds. The highest BCUT2D eigenvalue weighted by atomic mass is 16.5. The molecule has 0 spiro atoms. The van der Waals surface area contributed by atoms with Gasteiger partial charge in [0, 0.05) is 19.6 Å². The highest BCUT2D eigenvalue weighted by Gasteiger charge is 2.26. The van der Waals surface area contributed by atoms with Crippen molar-refractivity contribution in [3.05, 3.63) is 11.3 Å². The number of aromatic nitrogens is 2. The van der Waals surface area contributed by atoms with Crippen molar-refractivity contribution >= 4 is 5.97 Å². The van der Waals surface area contributed by atoms with E-state index in [0.29, 0.717) is 24.2 Å². The Morgan fingerprint density at radius 1 is 1.61 bits per heavy atom. The van der Waals surface area contributed by atoms with Crippen LogP contribution in [0.4, 0.5) is 0 Å². The second kappa shape index (κ2) is 4.97. The van der Waals surface area contributed by atoms with E-state index < -0.39 is 5.97 Å². The summed E-state index contributed by atoms with van der Waals surface area (Å²) >= 11 is 0. The highest BCUT2D eigenvalue weighted by molar-refractivity contribution is 5.91. The summed E-state index contributed by atoms with van der Waals surface area (Å²) in [6.45, 7) is 2.95. The van der Waals surface area contributed by atoms with Crippen molar-refractivity contribution in [2.24, 2.45) is 7.05 Å². The molecule has 0 aromatic carbocycles. The minimum atomic E-state index is -0.994. The minimum Gasteiger partial charge on any atom is -0.477 e. The number of carbonyl (C=O) groups is 1. The van der Waals surface area contributed by atoms with Crippen molar-refractivity contribution < 1.29 is 14.6 Å². The zero-order valence-electron chi connectivity index (χ0n) is 11.0. The predicted octanol–water partition coefficient (Wildman–Crippen LogP) is 0.900. The minimum absolute atomic E-state index is 0.159. The number of ether oxygens (including phenoxy) is 1. The molecule has 1 aromatic rings. The van der Waals surface area contributed by atoms with Gasteiger partial charge in [0.25, 0.3) is 0 Å². The van der Waals surface area contributed by atoms with Gasteiger partial charge in [-0.1, -0.05) is 0 Å². The molecule has 1 aliphatic carbocycles. The number of carboxylic acids is 1. The van der Waals surface area contributed by atoms with Crippen LogP contribution < -0.4 is 4.74 Å². The summed E-state index contributed by atoms with van der Waals surface area (Å²) in [5.41, 5.74) is 0.641. The monoisotopic (exact) mass is 253 g/mol. The van der Waals surface area contributed by atoms with Gasteiger partial charge in [0.2, 0.25) is 5.88 Å². The molecule has 0 unspecified atom stereocenters. The van der Waals surface area contributed by atoms with E-state index in [1.807, 2.05) is 0 Å². The van der Waals surface area contributed by atoms with E-state index in [4.69, 9.17) is 9.84 Å². The Kier molecular flexibility index (Phi) is 3.56. The van der Waals surface area contributed by atoms with Crippen molar-refractivity contribution in [2.45, 2.75) is 25.8 Å². The molecular weight excluding hydrogens is 234 g/mol. The van der Waals surface area contributed by atoms with E-state index in [9.17, 15) is 4.79 Å². The largest absolute Gasteiger partial charge is 0.477 e. The Hall–Kier alpha value is -1.56. The molecule has 0 atom stereocenters. The van der Waals surface area contributed by atoms with E-state index in [0.717, 1.165) is 6.54 Å². The number of carboxylic acid groups (broad SMARTS) is 1. The topological polar surface area (TPSA) is 67.6 Å². The van der Waals surface area contributed by atoms with Gasteiger partial charge < -0.3 is 14.7 Å². The Morgan fingerprint density at radius 2 is 2.28 bits per heavy atom. The third kappa shape index (κ3) is 2.64. The van der Waals surface area contributed by atoms with Crippen molar-refractivity contribution in [3.8, 4) is 5.88 Å². The molecule has 0 saturated heterocycles. The molecule has 100 valence electrons. The van der Waals surface area contributed by atoms with Gasteiger partial charge in [0.15, 0.2) is 0 Å². The number of aryl methyl sites for hydroxylation is 2. The van der Waals surface area contributed by atoms with Gasteiger partial charge >= 0.3 is 5.97 Å². The van der Waals surface area contributed by atoms with Crippen molar-refractivity contribution in [3.63, 3.8) is 0 Å². The Morgan fingerprint density at radius 3 is 2.83 bits per heavy atom. The number of aromatic carboxylic acids is 1. The fourth-order valence-corrected chi connectivity index (χ4v) is 2.03. The lowest BCUT2D eigenvalue weighted by atomic mass is 10.2. The molecule has 18 heavy (non-hydrogen) atoms. The molecule has 0 aliphatic heterocycles. The fourth-order valence-electron chi connectivity index (χ4n) is 2.03. The van der Waals surface area contributed by atoms with Gasteiger partial charge in [-0.3, -0.25) is 0 Å². The van der Waals surface area contributed by atoms with Crippen LogP contribution in [0.15, 0.2) is 0 Å². The summed E-state index contributed by atoms with van der Waals surface area (Å²) < 4.78 is 7.06. The highest BCUT2D eigenvalue weighted by Crippen LogP contribution is 2.25. The van der Waals surface area contributed by atoms with Crippen molar-refractivity contribution in [1.82, 2.24) is 14.7 Å². The van der Waals surface area contributed by atoms with Gasteiger partial charge in [-0.25, -0.2) is 9.48 Å². The van der Waals surface area contributed by atoms with Gasteiger partial charge in [0.1, 0.15) is 12.2 Å². The van der Waals surface area contributed by atoms with Crippen LogP contribution in [-0.2, 0) is 7.05 Å². The standard InChI is InChI=1S/C12H19N3O3/c1-8-10(12(16)17)11(15(3)13-8)18-7-6-14(2)9-4-5-9/h9H,4-7H2,1-3H3,(H,16,17). The van der Waals surface area contributed by atoms with Crippen molar-refractivity contribution in [2.75, 3.05) is 20.2 Å². The van der Waals surface area contributed by atoms with Crippen LogP contribution in [0.2, 0.25) is 0 Å². The average Bonchev–Trinajstić information content (AvgIpc) is 3.06. The number of hydrogen-bond acceptors (Lipinski definition) is 4. The van der Waals surface area contributed by atoms with E-state index in [-0.39, 0.29) is 5.56 Å². The van der Waals surface area contributed by atoms with Crippen LogP contribution in [0.5, 0.6) is 5.88 Å². The molecule has 0 radical (unpaired) electrons. The quantitative estimate of drug-likeness (QED) is 0.815.